The van der Waals surface area contributed by atoms with E-state index in [4.69, 9.17) is 9.47 Å². The average molecular weight is 715 g/mol. The summed E-state index contributed by atoms with van der Waals surface area (Å²) < 4.78 is 11.6. The van der Waals surface area contributed by atoms with E-state index < -0.39 is 84.1 Å². The third-order valence-corrected chi connectivity index (χ3v) is 10.0. The van der Waals surface area contributed by atoms with Crippen LogP contribution in [0.3, 0.4) is 0 Å². The number of carbonyl (C=O) groups excluding carboxylic acids is 4. The van der Waals surface area contributed by atoms with Crippen LogP contribution < -0.4 is 0 Å². The van der Waals surface area contributed by atoms with Crippen LogP contribution in [-0.2, 0) is 28.7 Å². The highest BCUT2D eigenvalue weighted by Crippen LogP contribution is 2.28. The molecule has 0 amide bonds. The number of ether oxygens (including phenoxy) is 2. The predicted molar refractivity (Wildman–Crippen MR) is 198 cm³/mol. The summed E-state index contributed by atoms with van der Waals surface area (Å²) in [6.07, 6.45) is 13.5. The molecule has 1 heterocycles. The highest BCUT2D eigenvalue weighted by molar-refractivity contribution is 5.92. The van der Waals surface area contributed by atoms with Crippen LogP contribution in [0.15, 0.2) is 72.9 Å². The van der Waals surface area contributed by atoms with Crippen molar-refractivity contribution in [1.82, 2.24) is 0 Å². The van der Waals surface area contributed by atoms with Gasteiger partial charge in [0, 0.05) is 59.5 Å². The molecule has 0 aromatic carbocycles. The van der Waals surface area contributed by atoms with Gasteiger partial charge in [-0.3, -0.25) is 9.59 Å². The number of hydrogen-bond donors (Lipinski definition) is 4. The van der Waals surface area contributed by atoms with Gasteiger partial charge in [-0.05, 0) is 32.4 Å². The zero-order valence-electron chi connectivity index (χ0n) is 32.0. The molecular weight excluding hydrogens is 652 g/mol. The lowest BCUT2D eigenvalue weighted by molar-refractivity contribution is -0.152. The van der Waals surface area contributed by atoms with Crippen LogP contribution in [-0.4, -0.2) is 80.6 Å². The quantitative estimate of drug-likeness (QED) is 0.130. The van der Waals surface area contributed by atoms with E-state index in [9.17, 15) is 39.6 Å². The van der Waals surface area contributed by atoms with Gasteiger partial charge in [0.1, 0.15) is 12.2 Å². The largest absolute Gasteiger partial charge is 0.458 e. The van der Waals surface area contributed by atoms with E-state index in [2.05, 4.69) is 0 Å². The van der Waals surface area contributed by atoms with Crippen molar-refractivity contribution in [2.75, 3.05) is 0 Å². The standard InChI is InChI=1S/C41H62O10/c1-11-33(32(10)43)21-23-35(45)28(6)39(49)30(8)41-26(4)17-13-15-18-36(46)50-40(25(3)16-12-14-19-37(47)51-41)29(7)38(48)27(5)34(44)22-20-24(2)31(9)42/h12-33,38-43,48-49H,11H2,1-10H3/b16-12?,17-13?,18-15?,19-14?,22-20+,23-21+/t24-,25-,26-,27+,28+,29-,30-,31+,32+,33-,38-,39-,40-,41-/m0/s1. The van der Waals surface area contributed by atoms with E-state index in [0.29, 0.717) is 6.42 Å². The monoisotopic (exact) mass is 714 g/mol. The fourth-order valence-corrected chi connectivity index (χ4v) is 5.90. The van der Waals surface area contributed by atoms with Crippen molar-refractivity contribution >= 4 is 23.5 Å². The Bertz CT molecular complexity index is 1310. The number of rotatable bonds is 15. The van der Waals surface area contributed by atoms with Gasteiger partial charge >= 0.3 is 11.9 Å². The first-order chi connectivity index (χ1) is 23.8. The summed E-state index contributed by atoms with van der Waals surface area (Å²) in [6.45, 7) is 17.2. The summed E-state index contributed by atoms with van der Waals surface area (Å²) in [5, 5.41) is 42.0. The second-order valence-electron chi connectivity index (χ2n) is 14.2. The van der Waals surface area contributed by atoms with Crippen LogP contribution in [0.5, 0.6) is 0 Å². The molecule has 1 aliphatic rings. The second kappa shape index (κ2) is 22.5. The van der Waals surface area contributed by atoms with E-state index in [1.807, 2.05) is 6.92 Å². The van der Waals surface area contributed by atoms with Crippen LogP contribution in [0.2, 0.25) is 0 Å². The fourth-order valence-electron chi connectivity index (χ4n) is 5.90. The van der Waals surface area contributed by atoms with Crippen molar-refractivity contribution in [3.8, 4) is 0 Å². The van der Waals surface area contributed by atoms with Crippen molar-refractivity contribution < 1.29 is 49.1 Å². The molecule has 0 bridgehead atoms. The first-order valence-electron chi connectivity index (χ1n) is 18.1. The zero-order chi connectivity index (χ0) is 39.0. The topological polar surface area (TPSA) is 168 Å². The van der Waals surface area contributed by atoms with Crippen molar-refractivity contribution in [3.63, 3.8) is 0 Å². The minimum Gasteiger partial charge on any atom is -0.458 e. The number of cyclic esters (lactones) is 2. The fraction of sp³-hybridized carbons (Fsp3) is 0.610. The van der Waals surface area contributed by atoms with Crippen LogP contribution >= 0.6 is 0 Å². The molecule has 1 aliphatic heterocycles. The average Bonchev–Trinajstić information content (AvgIpc) is 3.09. The van der Waals surface area contributed by atoms with Gasteiger partial charge in [0.15, 0.2) is 11.6 Å². The Morgan fingerprint density at radius 1 is 0.667 bits per heavy atom. The molecule has 0 radical (unpaired) electrons. The molecule has 286 valence electrons. The van der Waals surface area contributed by atoms with Gasteiger partial charge in [0.05, 0.1) is 24.4 Å². The number of esters is 2. The van der Waals surface area contributed by atoms with Crippen LogP contribution in [0.25, 0.3) is 0 Å². The van der Waals surface area contributed by atoms with E-state index in [1.165, 1.54) is 36.5 Å². The summed E-state index contributed by atoms with van der Waals surface area (Å²) in [5.41, 5.74) is 0. The van der Waals surface area contributed by atoms with Crippen molar-refractivity contribution in [2.24, 2.45) is 47.3 Å². The highest BCUT2D eigenvalue weighted by Gasteiger charge is 2.37. The molecule has 1 rings (SSSR count). The minimum absolute atomic E-state index is 0.191. The summed E-state index contributed by atoms with van der Waals surface area (Å²) >= 11 is 0. The minimum atomic E-state index is -1.15. The van der Waals surface area contributed by atoms with E-state index in [1.54, 1.807) is 98.8 Å². The zero-order valence-corrected chi connectivity index (χ0v) is 32.0. The van der Waals surface area contributed by atoms with Crippen molar-refractivity contribution in [2.45, 2.75) is 112 Å². The maximum atomic E-state index is 13.0. The lowest BCUT2D eigenvalue weighted by Crippen LogP contribution is -2.41. The third kappa shape index (κ3) is 15.0. The maximum Gasteiger partial charge on any atom is 0.331 e. The molecule has 0 fully saturated rings. The first kappa shape index (κ1) is 45.6. The maximum absolute atomic E-state index is 13.0. The molecule has 0 saturated heterocycles. The number of ketones is 2. The normalized spacial score (nSPS) is 26.8. The van der Waals surface area contributed by atoms with Crippen LogP contribution in [0, 0.1) is 47.3 Å². The number of carbonyl (C=O) groups is 4. The summed E-state index contributed by atoms with van der Waals surface area (Å²) in [5.74, 6) is -6.17. The Kier molecular flexibility index (Phi) is 20.1. The highest BCUT2D eigenvalue weighted by atomic mass is 16.5. The molecule has 0 aromatic rings. The molecule has 0 aliphatic carbocycles. The van der Waals surface area contributed by atoms with Crippen LogP contribution in [0.1, 0.15) is 75.7 Å². The first-order valence-corrected chi connectivity index (χ1v) is 18.1. The molecule has 10 nitrogen and oxygen atoms in total. The number of allylic oxidation sites excluding steroid dienone is 6. The van der Waals surface area contributed by atoms with Gasteiger partial charge in [0.2, 0.25) is 0 Å². The number of aliphatic hydroxyl groups is 4. The Morgan fingerprint density at radius 2 is 1.06 bits per heavy atom. The van der Waals surface area contributed by atoms with E-state index >= 15 is 0 Å². The Balaban J connectivity index is 3.25. The van der Waals surface area contributed by atoms with Gasteiger partial charge in [-0.1, -0.05) is 104 Å². The summed E-state index contributed by atoms with van der Waals surface area (Å²) in [4.78, 5) is 51.7. The third-order valence-electron chi connectivity index (χ3n) is 10.0. The van der Waals surface area contributed by atoms with Gasteiger partial charge in [-0.25, -0.2) is 9.59 Å². The van der Waals surface area contributed by atoms with E-state index in [0.717, 1.165) is 0 Å². The van der Waals surface area contributed by atoms with Gasteiger partial charge in [-0.2, -0.15) is 0 Å². The summed E-state index contributed by atoms with van der Waals surface area (Å²) in [7, 11) is 0. The SMILES string of the molecule is CC[C@@H](/C=C/C(=O)[C@@H](C)[C@H](O)[C@H](C)[C@H]1OC(=O)C=CC=C[C@H](C)[C@@H]([C@@H](C)[C@@H](O)[C@H](C)C(=O)/C=C/[C@H](C)[C@@H](C)O)OC(=O)C=CC=C[C@@H]1C)[C@@H](C)O. The molecular formula is C41H62O10. The van der Waals surface area contributed by atoms with Gasteiger partial charge in [-0.15, -0.1) is 0 Å². The number of hydrogen-bond acceptors (Lipinski definition) is 10. The molecule has 0 unspecified atom stereocenters. The second-order valence-corrected chi connectivity index (χ2v) is 14.2. The van der Waals surface area contributed by atoms with Gasteiger partial charge in [0.25, 0.3) is 0 Å². The van der Waals surface area contributed by atoms with Crippen molar-refractivity contribution in [1.29, 1.82) is 0 Å². The van der Waals surface area contributed by atoms with Crippen molar-refractivity contribution in [3.05, 3.63) is 72.9 Å². The Hall–Kier alpha value is -3.44. The summed E-state index contributed by atoms with van der Waals surface area (Å²) in [6, 6.07) is 0. The molecule has 0 aromatic heterocycles. The van der Waals surface area contributed by atoms with Crippen LogP contribution in [0.4, 0.5) is 0 Å². The predicted octanol–water partition coefficient (Wildman–Crippen LogP) is 5.26. The lowest BCUT2D eigenvalue weighted by atomic mass is 9.82. The Labute approximate surface area is 304 Å². The molecule has 0 spiro atoms. The molecule has 14 atom stereocenters. The van der Waals surface area contributed by atoms with Gasteiger partial charge < -0.3 is 29.9 Å². The molecule has 10 heteroatoms. The molecule has 0 saturated carbocycles. The molecule has 51 heavy (non-hydrogen) atoms. The van der Waals surface area contributed by atoms with E-state index in [-0.39, 0.29) is 23.4 Å². The Morgan fingerprint density at radius 3 is 1.41 bits per heavy atom. The lowest BCUT2D eigenvalue weighted by Gasteiger charge is -2.33. The smallest absolute Gasteiger partial charge is 0.331 e. The molecule has 4 N–H and O–H groups in total. The number of aliphatic hydroxyl groups excluding tert-OH is 4.